The molecule has 5 aromatic rings. The van der Waals surface area contributed by atoms with E-state index in [0.29, 0.717) is 48.4 Å². The van der Waals surface area contributed by atoms with Gasteiger partial charge in [-0.25, -0.2) is 9.59 Å². The van der Waals surface area contributed by atoms with E-state index in [-0.39, 0.29) is 71.4 Å². The molecule has 0 aromatic heterocycles. The predicted octanol–water partition coefficient (Wildman–Crippen LogP) is 5.56. The number of carbonyl (C=O) groups excluding carboxylic acids is 8. The topological polar surface area (TPSA) is 317 Å². The molecule has 8 rings (SSSR count). The van der Waals surface area contributed by atoms with Crippen molar-refractivity contribution in [1.29, 1.82) is 10.8 Å². The fourth-order valence-electron chi connectivity index (χ4n) is 8.17. The molecular weight excluding hydrogens is 1050 g/mol. The van der Waals surface area contributed by atoms with Gasteiger partial charge in [0.2, 0.25) is 0 Å². The summed E-state index contributed by atoms with van der Waals surface area (Å²) in [6.45, 7) is 4.81. The van der Waals surface area contributed by atoms with E-state index in [1.54, 1.807) is 84.9 Å². The first-order valence-electron chi connectivity index (χ1n) is 24.2. The summed E-state index contributed by atoms with van der Waals surface area (Å²) < 4.78 is 58.4. The van der Waals surface area contributed by atoms with Crippen LogP contribution in [0.1, 0.15) is 65.5 Å². The lowest BCUT2D eigenvalue weighted by molar-refractivity contribution is -0.142. The van der Waals surface area contributed by atoms with Gasteiger partial charge in [-0.1, -0.05) is 36.4 Å². The van der Waals surface area contributed by atoms with Crippen LogP contribution in [-0.4, -0.2) is 124 Å². The first kappa shape index (κ1) is 57.4. The molecule has 24 nitrogen and oxygen atoms in total. The van der Waals surface area contributed by atoms with Gasteiger partial charge in [-0.15, -0.1) is 0 Å². The molecule has 0 bridgehead atoms. The van der Waals surface area contributed by atoms with Gasteiger partial charge in [0, 0.05) is 56.4 Å². The van der Waals surface area contributed by atoms with Crippen molar-refractivity contribution in [2.75, 3.05) is 48.8 Å². The maximum absolute atomic E-state index is 12.9. The maximum atomic E-state index is 12.9. The molecule has 0 aliphatic carbocycles. The van der Waals surface area contributed by atoms with Crippen molar-refractivity contribution in [1.82, 2.24) is 15.5 Å². The third-order valence-corrected chi connectivity index (χ3v) is 12.5. The van der Waals surface area contributed by atoms with Crippen LogP contribution in [0.4, 0.5) is 21.0 Å². The molecule has 0 spiro atoms. The number of cyclic esters (lactones) is 2. The molecule has 2 unspecified atom stereocenters. The summed E-state index contributed by atoms with van der Waals surface area (Å²) in [5.41, 5.74) is 1.98. The van der Waals surface area contributed by atoms with Crippen LogP contribution in [0.25, 0.3) is 0 Å². The number of anilines is 2. The van der Waals surface area contributed by atoms with E-state index < -0.39 is 70.3 Å². The van der Waals surface area contributed by atoms with Gasteiger partial charge in [-0.2, -0.15) is 8.42 Å². The van der Waals surface area contributed by atoms with Crippen molar-refractivity contribution >= 4 is 81.0 Å². The molecule has 25 heteroatoms. The number of carbonyl (C=O) groups is 8. The number of likely N-dealkylation sites (tertiary alicyclic amines) is 1. The maximum Gasteiger partial charge on any atom is 0.416 e. The highest BCUT2D eigenvalue weighted by Gasteiger charge is 2.39. The third-order valence-electron chi connectivity index (χ3n) is 11.9. The highest BCUT2D eigenvalue weighted by Crippen LogP contribution is 2.31. The van der Waals surface area contributed by atoms with Crippen molar-refractivity contribution in [3.05, 3.63) is 144 Å². The van der Waals surface area contributed by atoms with E-state index in [1.807, 2.05) is 4.90 Å². The molecule has 4 N–H and O–H groups in total. The fraction of sp³-hybridized carbons (Fsp3) is 0.259. The van der Waals surface area contributed by atoms with Crippen LogP contribution < -0.4 is 39.4 Å². The Bertz CT molecular complexity index is 3290. The number of hydrogen-bond acceptors (Lipinski definition) is 20. The molecule has 3 saturated heterocycles. The predicted molar refractivity (Wildman–Crippen MR) is 281 cm³/mol. The van der Waals surface area contributed by atoms with Gasteiger partial charge >= 0.3 is 36.1 Å². The SMILES string of the molecule is CC(=O)Oc1ccccc1C(=O)NC(=N)c1ccc(N2CC(COS(C)(=O)=O)OC2=O)cc1.CC(=O)Oc1ccccc1OC(=O)C1CCN(C2CN(c3ccc(C(=N)NC(=O)c4ccccc4OC(C)=O)cc3)C(=O)O2)CC1. The van der Waals surface area contributed by atoms with Crippen LogP contribution in [0.5, 0.6) is 23.0 Å². The molecule has 5 aromatic carbocycles. The number of nitrogens with zero attached hydrogens (tertiary/aromatic N) is 3. The smallest absolute Gasteiger partial charge is 0.416 e. The van der Waals surface area contributed by atoms with Crippen LogP contribution in [0.15, 0.2) is 121 Å². The number of hydrogen-bond donors (Lipinski definition) is 4. The highest BCUT2D eigenvalue weighted by atomic mass is 32.2. The fourth-order valence-corrected chi connectivity index (χ4v) is 8.57. The standard InChI is InChI=1S/C33H32N4O9.C21H21N3O8S/c1-20(38)43-26-8-4-3-7-25(26)31(40)35-30(34)22-11-13-24(14-12-22)37-19-29(46-33(37)42)36-17-15-23(16-18-36)32(41)45-28-10-6-5-9-27(28)44-21(2)39;1-13(25)31-18-6-4-3-5-17(18)20(26)23-19(22)14-7-9-15(10-8-14)24-11-16(32-21(24)27)12-30-33(2,28)29/h3-14,23,29H,15-19H2,1-2H3,(H2,34,35,40);3-10,16H,11-12H2,1-2H3,(H2,22,23,26). The van der Waals surface area contributed by atoms with Crippen molar-refractivity contribution in [2.24, 2.45) is 5.92 Å². The van der Waals surface area contributed by atoms with E-state index in [1.165, 1.54) is 67.0 Å². The number of piperidine rings is 1. The molecule has 412 valence electrons. The minimum atomic E-state index is -3.66. The Morgan fingerprint density at radius 2 is 0.975 bits per heavy atom. The molecular formula is C54H53N7O17S. The molecule has 3 heterocycles. The molecule has 0 radical (unpaired) electrons. The van der Waals surface area contributed by atoms with Crippen molar-refractivity contribution in [3.8, 4) is 23.0 Å². The molecule has 3 aliphatic heterocycles. The number of amides is 4. The van der Waals surface area contributed by atoms with Crippen LogP contribution in [0, 0.1) is 16.7 Å². The average Bonchev–Trinajstić information content (AvgIpc) is 4.02. The minimum Gasteiger partial charge on any atom is -0.441 e. The van der Waals surface area contributed by atoms with Gasteiger partial charge in [0.1, 0.15) is 35.9 Å². The number of para-hydroxylation sites is 4. The summed E-state index contributed by atoms with van der Waals surface area (Å²) in [5, 5.41) is 21.5. The van der Waals surface area contributed by atoms with Gasteiger partial charge in [0.05, 0.1) is 36.4 Å². The number of benzene rings is 5. The van der Waals surface area contributed by atoms with Crippen molar-refractivity contribution in [3.63, 3.8) is 0 Å². The van der Waals surface area contributed by atoms with Crippen LogP contribution in [0.2, 0.25) is 0 Å². The van der Waals surface area contributed by atoms with Crippen molar-refractivity contribution in [2.45, 2.75) is 45.9 Å². The Morgan fingerprint density at radius 1 is 0.570 bits per heavy atom. The van der Waals surface area contributed by atoms with Crippen LogP contribution in [0.3, 0.4) is 0 Å². The number of rotatable bonds is 15. The van der Waals surface area contributed by atoms with E-state index in [0.717, 1.165) is 6.26 Å². The Hall–Kier alpha value is -9.33. The second-order valence-electron chi connectivity index (χ2n) is 17.8. The summed E-state index contributed by atoms with van der Waals surface area (Å²) in [4.78, 5) is 102. The minimum absolute atomic E-state index is 0.0765. The largest absolute Gasteiger partial charge is 0.441 e. The first-order chi connectivity index (χ1) is 37.6. The molecule has 2 atom stereocenters. The third kappa shape index (κ3) is 15.6. The van der Waals surface area contributed by atoms with Crippen LogP contribution in [-0.2, 0) is 43.0 Å². The Balaban J connectivity index is 0.000000242. The van der Waals surface area contributed by atoms with E-state index >= 15 is 0 Å². The lowest BCUT2D eigenvalue weighted by atomic mass is 9.97. The summed E-state index contributed by atoms with van der Waals surface area (Å²) in [5.74, 6) is -3.54. The molecule has 79 heavy (non-hydrogen) atoms. The van der Waals surface area contributed by atoms with Gasteiger partial charge in [-0.05, 0) is 97.8 Å². The summed E-state index contributed by atoms with van der Waals surface area (Å²) in [6, 6.07) is 31.6. The first-order valence-corrected chi connectivity index (χ1v) is 26.0. The van der Waals surface area contributed by atoms with Crippen molar-refractivity contribution < 1.29 is 79.4 Å². The van der Waals surface area contributed by atoms with Gasteiger partial charge < -0.3 is 39.1 Å². The summed E-state index contributed by atoms with van der Waals surface area (Å²) in [6.07, 6.45) is -0.539. The second-order valence-corrected chi connectivity index (χ2v) is 19.4. The summed E-state index contributed by atoms with van der Waals surface area (Å²) >= 11 is 0. The monoisotopic (exact) mass is 1100 g/mol. The quantitative estimate of drug-likeness (QED) is 0.0328. The zero-order chi connectivity index (χ0) is 57.0. The van der Waals surface area contributed by atoms with E-state index in [4.69, 9.17) is 39.2 Å². The van der Waals surface area contributed by atoms with Gasteiger partial charge in [-0.3, -0.25) is 58.5 Å². The second kappa shape index (κ2) is 25.7. The number of esters is 4. The molecule has 3 fully saturated rings. The Kier molecular flexibility index (Phi) is 18.6. The Morgan fingerprint density at radius 3 is 1.43 bits per heavy atom. The van der Waals surface area contributed by atoms with E-state index in [2.05, 4.69) is 14.8 Å². The highest BCUT2D eigenvalue weighted by molar-refractivity contribution is 7.86. The Labute approximate surface area is 452 Å². The van der Waals surface area contributed by atoms with Gasteiger partial charge in [0.15, 0.2) is 17.7 Å². The molecule has 4 amide bonds. The van der Waals surface area contributed by atoms with E-state index in [9.17, 15) is 46.8 Å². The average molecular weight is 1100 g/mol. The zero-order valence-corrected chi connectivity index (χ0v) is 43.7. The number of ether oxygens (including phenoxy) is 6. The molecule has 3 aliphatic rings. The summed E-state index contributed by atoms with van der Waals surface area (Å²) in [7, 11) is -3.66. The number of nitrogens with one attached hydrogen (secondary N) is 4. The lowest BCUT2D eigenvalue weighted by Crippen LogP contribution is -2.45. The molecule has 0 saturated carbocycles. The number of amidine groups is 2. The lowest BCUT2D eigenvalue weighted by Gasteiger charge is -2.33. The van der Waals surface area contributed by atoms with Gasteiger partial charge in [0.25, 0.3) is 21.9 Å². The van der Waals surface area contributed by atoms with Crippen LogP contribution >= 0.6 is 0 Å². The normalized spacial score (nSPS) is 16.3. The zero-order valence-electron chi connectivity index (χ0n) is 42.9.